The third-order valence-corrected chi connectivity index (χ3v) is 5.72. The summed E-state index contributed by atoms with van der Waals surface area (Å²) >= 11 is 0. The largest absolute Gasteiger partial charge is 0.348 e. The van der Waals surface area contributed by atoms with Gasteiger partial charge in [0.05, 0.1) is 18.0 Å². The molecule has 0 bridgehead atoms. The molecule has 27 heavy (non-hydrogen) atoms. The summed E-state index contributed by atoms with van der Waals surface area (Å²) in [4.78, 5) is 12.6. The lowest BCUT2D eigenvalue weighted by atomic mass is 10.1. The molecule has 6 heteroatoms. The van der Waals surface area contributed by atoms with Crippen molar-refractivity contribution in [3.8, 4) is 0 Å². The number of amides is 1. The van der Waals surface area contributed by atoms with Crippen LogP contribution in [0.3, 0.4) is 0 Å². The van der Waals surface area contributed by atoms with E-state index in [0.717, 1.165) is 23.8 Å². The monoisotopic (exact) mass is 388 g/mol. The van der Waals surface area contributed by atoms with Crippen LogP contribution in [0, 0.1) is 0 Å². The van der Waals surface area contributed by atoms with Crippen molar-refractivity contribution in [3.63, 3.8) is 0 Å². The van der Waals surface area contributed by atoms with E-state index >= 15 is 0 Å². The summed E-state index contributed by atoms with van der Waals surface area (Å²) in [6.07, 6.45) is 2.77. The molecule has 0 aromatic heterocycles. The number of nitrogens with zero attached hydrogens (tertiary/aromatic N) is 1. The van der Waals surface area contributed by atoms with Crippen LogP contribution in [0.4, 0.5) is 5.69 Å². The van der Waals surface area contributed by atoms with E-state index in [9.17, 15) is 13.2 Å². The summed E-state index contributed by atoms with van der Waals surface area (Å²) in [5.41, 5.74) is 3.66. The maximum atomic E-state index is 12.6. The predicted octanol–water partition coefficient (Wildman–Crippen LogP) is 3.45. The second kappa shape index (κ2) is 9.04. The van der Waals surface area contributed by atoms with Gasteiger partial charge in [0.2, 0.25) is 15.9 Å². The van der Waals surface area contributed by atoms with E-state index in [1.165, 1.54) is 9.87 Å². The van der Waals surface area contributed by atoms with Crippen LogP contribution in [0.5, 0.6) is 0 Å². The van der Waals surface area contributed by atoms with Gasteiger partial charge in [-0.05, 0) is 42.5 Å². The van der Waals surface area contributed by atoms with E-state index in [2.05, 4.69) is 12.2 Å². The molecule has 1 N–H and O–H groups in total. The molecule has 0 heterocycles. The van der Waals surface area contributed by atoms with Crippen molar-refractivity contribution in [3.05, 3.63) is 65.2 Å². The molecule has 0 saturated carbocycles. The molecule has 0 aliphatic rings. The first-order valence-electron chi connectivity index (χ1n) is 9.20. The van der Waals surface area contributed by atoms with Gasteiger partial charge in [0.15, 0.2) is 0 Å². The molecule has 1 amide bonds. The van der Waals surface area contributed by atoms with Gasteiger partial charge in [0.1, 0.15) is 6.54 Å². The second-order valence-electron chi connectivity index (χ2n) is 6.64. The van der Waals surface area contributed by atoms with Crippen LogP contribution in [0.2, 0.25) is 0 Å². The van der Waals surface area contributed by atoms with E-state index in [1.54, 1.807) is 12.1 Å². The minimum atomic E-state index is -3.58. The minimum Gasteiger partial charge on any atom is -0.348 e. The molecule has 2 rings (SSSR count). The maximum Gasteiger partial charge on any atom is 0.241 e. The summed E-state index contributed by atoms with van der Waals surface area (Å²) < 4.78 is 25.8. The van der Waals surface area contributed by atoms with Gasteiger partial charge in [0, 0.05) is 0 Å². The van der Waals surface area contributed by atoms with Crippen molar-refractivity contribution in [2.45, 2.75) is 39.7 Å². The fourth-order valence-corrected chi connectivity index (χ4v) is 3.86. The highest BCUT2D eigenvalue weighted by molar-refractivity contribution is 7.92. The normalized spacial score (nSPS) is 12.4. The quantitative estimate of drug-likeness (QED) is 0.753. The average Bonchev–Trinajstić information content (AvgIpc) is 2.65. The SMILES string of the molecule is CCc1ccc([C@H](C)NC(=O)CN(c2ccccc2CC)S(C)(=O)=O)cc1. The Labute approximate surface area is 162 Å². The summed E-state index contributed by atoms with van der Waals surface area (Å²) in [6.45, 7) is 5.70. The van der Waals surface area contributed by atoms with E-state index in [-0.39, 0.29) is 18.5 Å². The van der Waals surface area contributed by atoms with E-state index in [4.69, 9.17) is 0 Å². The number of sulfonamides is 1. The standard InChI is InChI=1S/C21H28N2O3S/c1-5-17-11-13-19(14-12-17)16(3)22-21(24)15-23(27(4,25)26)20-10-8-7-9-18(20)6-2/h7-14,16H,5-6,15H2,1-4H3,(H,22,24)/t16-/m0/s1. The summed E-state index contributed by atoms with van der Waals surface area (Å²) in [6, 6.07) is 15.1. The molecule has 0 fully saturated rings. The van der Waals surface area contributed by atoms with Gasteiger partial charge in [-0.25, -0.2) is 8.42 Å². The topological polar surface area (TPSA) is 66.5 Å². The van der Waals surface area contributed by atoms with Gasteiger partial charge < -0.3 is 5.32 Å². The van der Waals surface area contributed by atoms with Crippen LogP contribution in [-0.2, 0) is 27.7 Å². The number of carbonyl (C=O) groups is 1. The van der Waals surface area contributed by atoms with E-state index in [1.807, 2.05) is 50.2 Å². The van der Waals surface area contributed by atoms with Gasteiger partial charge in [-0.2, -0.15) is 0 Å². The third-order valence-electron chi connectivity index (χ3n) is 4.59. The highest BCUT2D eigenvalue weighted by atomic mass is 32.2. The number of benzene rings is 2. The lowest BCUT2D eigenvalue weighted by Gasteiger charge is -2.25. The first-order valence-corrected chi connectivity index (χ1v) is 11.0. The molecule has 146 valence electrons. The number of anilines is 1. The molecule has 0 saturated heterocycles. The zero-order valence-electron chi connectivity index (χ0n) is 16.4. The first-order chi connectivity index (χ1) is 12.8. The van der Waals surface area contributed by atoms with Crippen molar-refractivity contribution < 1.29 is 13.2 Å². The van der Waals surface area contributed by atoms with Gasteiger partial charge in [0.25, 0.3) is 0 Å². The fourth-order valence-electron chi connectivity index (χ4n) is 2.98. The number of rotatable bonds is 8. The Morgan fingerprint density at radius 1 is 1.04 bits per heavy atom. The molecular weight excluding hydrogens is 360 g/mol. The molecule has 2 aromatic rings. The molecule has 0 radical (unpaired) electrons. The Balaban J connectivity index is 2.16. The summed E-state index contributed by atoms with van der Waals surface area (Å²) in [5, 5.41) is 2.90. The van der Waals surface area contributed by atoms with E-state index in [0.29, 0.717) is 12.1 Å². The van der Waals surface area contributed by atoms with Gasteiger partial charge >= 0.3 is 0 Å². The summed E-state index contributed by atoms with van der Waals surface area (Å²) in [5.74, 6) is -0.335. The fraction of sp³-hybridized carbons (Fsp3) is 0.381. The van der Waals surface area contributed by atoms with Crippen LogP contribution in [0.25, 0.3) is 0 Å². The van der Waals surface area contributed by atoms with Gasteiger partial charge in [-0.3, -0.25) is 9.10 Å². The van der Waals surface area contributed by atoms with Crippen LogP contribution >= 0.6 is 0 Å². The molecule has 0 aliphatic carbocycles. The highest BCUT2D eigenvalue weighted by Crippen LogP contribution is 2.23. The zero-order chi connectivity index (χ0) is 20.0. The highest BCUT2D eigenvalue weighted by Gasteiger charge is 2.23. The van der Waals surface area contributed by atoms with E-state index < -0.39 is 10.0 Å². The number of nitrogens with one attached hydrogen (secondary N) is 1. The minimum absolute atomic E-state index is 0.203. The average molecular weight is 389 g/mol. The van der Waals surface area contributed by atoms with Crippen molar-refractivity contribution in [2.75, 3.05) is 17.1 Å². The maximum absolute atomic E-state index is 12.6. The van der Waals surface area contributed by atoms with Crippen molar-refractivity contribution in [1.82, 2.24) is 5.32 Å². The lowest BCUT2D eigenvalue weighted by Crippen LogP contribution is -2.41. The van der Waals surface area contributed by atoms with Gasteiger partial charge in [-0.15, -0.1) is 0 Å². The van der Waals surface area contributed by atoms with Crippen LogP contribution in [-0.4, -0.2) is 27.1 Å². The molecule has 0 aliphatic heterocycles. The van der Waals surface area contributed by atoms with Gasteiger partial charge in [-0.1, -0.05) is 56.3 Å². The Bertz CT molecular complexity index is 877. The van der Waals surface area contributed by atoms with Crippen LogP contribution in [0.15, 0.2) is 48.5 Å². The zero-order valence-corrected chi connectivity index (χ0v) is 17.2. The Morgan fingerprint density at radius 2 is 1.67 bits per heavy atom. The van der Waals surface area contributed by atoms with Crippen molar-refractivity contribution in [1.29, 1.82) is 0 Å². The predicted molar refractivity (Wildman–Crippen MR) is 110 cm³/mol. The molecule has 2 aromatic carbocycles. The number of para-hydroxylation sites is 1. The van der Waals surface area contributed by atoms with Crippen LogP contribution < -0.4 is 9.62 Å². The lowest BCUT2D eigenvalue weighted by molar-refractivity contribution is -0.120. The summed E-state index contributed by atoms with van der Waals surface area (Å²) in [7, 11) is -3.58. The molecule has 0 unspecified atom stereocenters. The first kappa shape index (κ1) is 21.0. The molecule has 1 atom stereocenters. The molecular formula is C21H28N2O3S. The second-order valence-corrected chi connectivity index (χ2v) is 8.54. The molecule has 0 spiro atoms. The number of hydrogen-bond acceptors (Lipinski definition) is 3. The Morgan fingerprint density at radius 3 is 2.22 bits per heavy atom. The van der Waals surface area contributed by atoms with Crippen molar-refractivity contribution in [2.24, 2.45) is 0 Å². The number of aryl methyl sites for hydroxylation is 2. The smallest absolute Gasteiger partial charge is 0.241 e. The molecule has 5 nitrogen and oxygen atoms in total. The number of hydrogen-bond donors (Lipinski definition) is 1. The Hall–Kier alpha value is -2.34. The number of carbonyl (C=O) groups excluding carboxylic acids is 1. The Kier molecular flexibility index (Phi) is 7.02. The van der Waals surface area contributed by atoms with Crippen molar-refractivity contribution >= 4 is 21.6 Å². The third kappa shape index (κ3) is 5.57. The van der Waals surface area contributed by atoms with Crippen LogP contribution in [0.1, 0.15) is 43.5 Å².